The van der Waals surface area contributed by atoms with E-state index in [1.807, 2.05) is 0 Å². The van der Waals surface area contributed by atoms with E-state index >= 15 is 0 Å². The maximum atomic E-state index is 12.9. The molecule has 0 radical (unpaired) electrons. The number of unbranched alkanes of at least 4 members (excludes halogenated alkanes) is 30. The van der Waals surface area contributed by atoms with Crippen LogP contribution in [0, 0.1) is 0 Å². The molecule has 0 N–H and O–H groups in total. The Balaban J connectivity index is 4.33. The third-order valence-electron chi connectivity index (χ3n) is 14.4. The molecule has 0 fully saturated rings. The van der Waals surface area contributed by atoms with Crippen molar-refractivity contribution in [2.75, 3.05) is 13.2 Å². The molecule has 0 rings (SSSR count). The van der Waals surface area contributed by atoms with Crippen molar-refractivity contribution in [3.05, 3.63) is 122 Å². The van der Waals surface area contributed by atoms with Crippen molar-refractivity contribution in [2.45, 2.75) is 322 Å². The lowest BCUT2D eigenvalue weighted by molar-refractivity contribution is -0.167. The van der Waals surface area contributed by atoms with Crippen LogP contribution in [0.15, 0.2) is 122 Å². The summed E-state index contributed by atoms with van der Waals surface area (Å²) in [5.74, 6) is -0.909. The highest BCUT2D eigenvalue weighted by Gasteiger charge is 2.19. The van der Waals surface area contributed by atoms with E-state index in [4.69, 9.17) is 14.2 Å². The second-order valence-electron chi connectivity index (χ2n) is 22.3. The summed E-state index contributed by atoms with van der Waals surface area (Å²) >= 11 is 0. The standard InChI is InChI=1S/C75H126O6/c1-4-7-10-13-16-19-22-25-28-30-32-33-34-35-36-37-38-39-40-41-43-44-47-50-53-56-59-62-65-68-74(77)80-71-72(70-79-73(76)67-64-61-58-55-52-49-46-27-24-21-18-15-12-9-6-3)81-75(78)69-66-63-60-57-54-51-48-45-42-31-29-26-23-20-17-14-11-8-5-2/h7,10,16-21,25-29,32-33,35-36,42,45-46,72H,4-6,8-9,11-15,22-24,30-31,34,37-41,43-44,47-71H2,1-3H3/b10-7-,19-16-,20-17-,21-18-,28-25-,29-26-,33-32-,36-35-,45-42-,46-27-. The molecule has 6 nitrogen and oxygen atoms in total. The Bertz CT molecular complexity index is 1670. The molecule has 0 heterocycles. The molecule has 0 aliphatic heterocycles. The first-order valence-electron chi connectivity index (χ1n) is 34.0. The maximum absolute atomic E-state index is 12.9. The molecule has 1 unspecified atom stereocenters. The van der Waals surface area contributed by atoms with Crippen LogP contribution < -0.4 is 0 Å². The smallest absolute Gasteiger partial charge is 0.306 e. The molecular formula is C75H126O6. The van der Waals surface area contributed by atoms with Gasteiger partial charge < -0.3 is 14.2 Å². The molecule has 0 aliphatic rings. The fourth-order valence-corrected chi connectivity index (χ4v) is 9.33. The van der Waals surface area contributed by atoms with Gasteiger partial charge in [-0.25, -0.2) is 0 Å². The van der Waals surface area contributed by atoms with Crippen LogP contribution in [-0.2, 0) is 28.6 Å². The second-order valence-corrected chi connectivity index (χ2v) is 22.3. The molecule has 6 heteroatoms. The summed E-state index contributed by atoms with van der Waals surface area (Å²) in [4.78, 5) is 38.4. The Morgan fingerprint density at radius 2 is 0.481 bits per heavy atom. The van der Waals surface area contributed by atoms with Gasteiger partial charge in [0, 0.05) is 19.3 Å². The molecule has 0 aliphatic carbocycles. The molecule has 0 saturated heterocycles. The first-order chi connectivity index (χ1) is 40.0. The van der Waals surface area contributed by atoms with E-state index in [1.54, 1.807) is 0 Å². The van der Waals surface area contributed by atoms with Crippen LogP contribution in [0.5, 0.6) is 0 Å². The van der Waals surface area contributed by atoms with Gasteiger partial charge in [-0.2, -0.15) is 0 Å². The first kappa shape index (κ1) is 76.8. The van der Waals surface area contributed by atoms with Gasteiger partial charge in [0.15, 0.2) is 6.10 Å². The van der Waals surface area contributed by atoms with Crippen LogP contribution in [0.25, 0.3) is 0 Å². The van der Waals surface area contributed by atoms with E-state index in [2.05, 4.69) is 142 Å². The fraction of sp³-hybridized carbons (Fsp3) is 0.693. The summed E-state index contributed by atoms with van der Waals surface area (Å²) in [6.07, 6.45) is 94.9. The lowest BCUT2D eigenvalue weighted by atomic mass is 10.0. The normalized spacial score (nSPS) is 12.9. The summed E-state index contributed by atoms with van der Waals surface area (Å²) in [6, 6.07) is 0. The number of ether oxygens (including phenoxy) is 3. The Morgan fingerprint density at radius 1 is 0.259 bits per heavy atom. The molecule has 0 aromatic carbocycles. The predicted octanol–water partition coefficient (Wildman–Crippen LogP) is 23.6. The number of allylic oxidation sites excluding steroid dienone is 20. The van der Waals surface area contributed by atoms with Gasteiger partial charge in [0.25, 0.3) is 0 Å². The molecular weight excluding hydrogens is 997 g/mol. The molecule has 0 saturated carbocycles. The molecule has 0 bridgehead atoms. The van der Waals surface area contributed by atoms with Crippen LogP contribution in [0.1, 0.15) is 316 Å². The molecule has 0 aromatic rings. The predicted molar refractivity (Wildman–Crippen MR) is 353 cm³/mol. The Kier molecular flexibility index (Phi) is 64.8. The van der Waals surface area contributed by atoms with Gasteiger partial charge in [0.1, 0.15) is 13.2 Å². The Labute approximate surface area is 501 Å². The van der Waals surface area contributed by atoms with E-state index in [-0.39, 0.29) is 31.1 Å². The minimum atomic E-state index is -0.795. The number of hydrogen-bond donors (Lipinski definition) is 0. The summed E-state index contributed by atoms with van der Waals surface area (Å²) in [7, 11) is 0. The maximum Gasteiger partial charge on any atom is 0.306 e. The average Bonchev–Trinajstić information content (AvgIpc) is 3.47. The number of rotatable bonds is 61. The van der Waals surface area contributed by atoms with Crippen molar-refractivity contribution in [1.29, 1.82) is 0 Å². The fourth-order valence-electron chi connectivity index (χ4n) is 9.33. The molecule has 462 valence electrons. The number of esters is 3. The van der Waals surface area contributed by atoms with Gasteiger partial charge in [0.2, 0.25) is 0 Å². The lowest BCUT2D eigenvalue weighted by Gasteiger charge is -2.18. The zero-order valence-electron chi connectivity index (χ0n) is 53.0. The van der Waals surface area contributed by atoms with Gasteiger partial charge in [-0.15, -0.1) is 0 Å². The first-order valence-corrected chi connectivity index (χ1v) is 34.0. The third-order valence-corrected chi connectivity index (χ3v) is 14.4. The molecule has 81 heavy (non-hydrogen) atoms. The zero-order valence-corrected chi connectivity index (χ0v) is 53.0. The van der Waals surface area contributed by atoms with Crippen LogP contribution in [0.4, 0.5) is 0 Å². The van der Waals surface area contributed by atoms with E-state index in [0.717, 1.165) is 141 Å². The summed E-state index contributed by atoms with van der Waals surface area (Å²) in [5.41, 5.74) is 0. The minimum Gasteiger partial charge on any atom is -0.462 e. The summed E-state index contributed by atoms with van der Waals surface area (Å²) in [5, 5.41) is 0. The number of carbonyl (C=O) groups is 3. The molecule has 0 spiro atoms. The number of carbonyl (C=O) groups excluding carboxylic acids is 3. The van der Waals surface area contributed by atoms with Crippen molar-refractivity contribution in [3.8, 4) is 0 Å². The van der Waals surface area contributed by atoms with Gasteiger partial charge in [-0.3, -0.25) is 14.4 Å². The van der Waals surface area contributed by atoms with Gasteiger partial charge in [0.05, 0.1) is 0 Å². The van der Waals surface area contributed by atoms with Gasteiger partial charge in [-0.1, -0.05) is 284 Å². The highest BCUT2D eigenvalue weighted by molar-refractivity contribution is 5.71. The summed E-state index contributed by atoms with van der Waals surface area (Å²) < 4.78 is 16.9. The van der Waals surface area contributed by atoms with Gasteiger partial charge >= 0.3 is 17.9 Å². The molecule has 0 amide bonds. The highest BCUT2D eigenvalue weighted by atomic mass is 16.6. The largest absolute Gasteiger partial charge is 0.462 e. The minimum absolute atomic E-state index is 0.0894. The quantitative estimate of drug-likeness (QED) is 0.0261. The van der Waals surface area contributed by atoms with Crippen LogP contribution in [-0.4, -0.2) is 37.2 Å². The van der Waals surface area contributed by atoms with Crippen LogP contribution >= 0.6 is 0 Å². The van der Waals surface area contributed by atoms with E-state index in [1.165, 1.54) is 135 Å². The number of hydrogen-bond acceptors (Lipinski definition) is 6. The second kappa shape index (κ2) is 68.3. The lowest BCUT2D eigenvalue weighted by Crippen LogP contribution is -2.30. The van der Waals surface area contributed by atoms with E-state index in [0.29, 0.717) is 19.3 Å². The SMILES string of the molecule is CC/C=C\C/C=C\C/C=C\C/C=C\C/C=C\CCCCCCCCCCCCCCCC(=O)OCC(COC(=O)CCCCCCC/C=C\C/C=C\CCCCC)OC(=O)CCCCCCCC/C=C\C/C=C\C/C=C\CCCCC. The van der Waals surface area contributed by atoms with Crippen molar-refractivity contribution in [2.24, 2.45) is 0 Å². The van der Waals surface area contributed by atoms with Crippen LogP contribution in [0.2, 0.25) is 0 Å². The van der Waals surface area contributed by atoms with Gasteiger partial charge in [-0.05, 0) is 135 Å². The average molecular weight is 1120 g/mol. The zero-order chi connectivity index (χ0) is 58.5. The van der Waals surface area contributed by atoms with Crippen molar-refractivity contribution < 1.29 is 28.6 Å². The topological polar surface area (TPSA) is 78.9 Å². The highest BCUT2D eigenvalue weighted by Crippen LogP contribution is 2.16. The van der Waals surface area contributed by atoms with E-state index in [9.17, 15) is 14.4 Å². The van der Waals surface area contributed by atoms with Crippen LogP contribution in [0.3, 0.4) is 0 Å². The summed E-state index contributed by atoms with van der Waals surface area (Å²) in [6.45, 7) is 6.47. The molecule has 0 aromatic heterocycles. The Morgan fingerprint density at radius 3 is 0.753 bits per heavy atom. The van der Waals surface area contributed by atoms with Crippen molar-refractivity contribution in [1.82, 2.24) is 0 Å². The third kappa shape index (κ3) is 66.5. The van der Waals surface area contributed by atoms with Crippen molar-refractivity contribution >= 4 is 17.9 Å². The van der Waals surface area contributed by atoms with Crippen molar-refractivity contribution in [3.63, 3.8) is 0 Å². The van der Waals surface area contributed by atoms with E-state index < -0.39 is 6.10 Å². The Hall–Kier alpha value is -4.19. The molecule has 1 atom stereocenters. The monoisotopic (exact) mass is 1120 g/mol.